The number of hydrazone groups is 1. The molecule has 3 amide bonds. The van der Waals surface area contributed by atoms with Gasteiger partial charge in [-0.25, -0.2) is 0 Å². The normalized spacial score (nSPS) is 25.7. The number of nitrogens with zero attached hydrogens (tertiary/aromatic N) is 3. The van der Waals surface area contributed by atoms with E-state index in [1.54, 1.807) is 0 Å². The van der Waals surface area contributed by atoms with E-state index in [2.05, 4.69) is 26.1 Å². The first-order chi connectivity index (χ1) is 16.7. The molecular formula is C25H36N6O3S. The summed E-state index contributed by atoms with van der Waals surface area (Å²) in [5.74, 6) is -0.0432. The third-order valence-corrected chi connectivity index (χ3v) is 7.58. The van der Waals surface area contributed by atoms with Crippen LogP contribution in [0.3, 0.4) is 0 Å². The van der Waals surface area contributed by atoms with Crippen LogP contribution in [0.5, 0.6) is 0 Å². The molecule has 4 unspecified atom stereocenters. The van der Waals surface area contributed by atoms with Gasteiger partial charge in [0.25, 0.3) is 0 Å². The van der Waals surface area contributed by atoms with Gasteiger partial charge in [-0.15, -0.1) is 0 Å². The first-order valence-corrected chi connectivity index (χ1v) is 13.4. The minimum absolute atomic E-state index is 0.0452. The van der Waals surface area contributed by atoms with Crippen molar-refractivity contribution in [2.45, 2.75) is 77.9 Å². The second-order valence-corrected chi connectivity index (χ2v) is 11.1. The standard InChI is InChI=1S/C25H36N6O3S/c1-15(2)26-21(32)14-35-25-29-28-24-30(13-17-8-6-5-7-9-17)23(34)19-11-10-18(12-20(19)31(24)25)22(33)27-16(3)4/h5-9,15-16,18-20,24,28H,10-14H2,1-4H3,(H,26,32)(H,27,33). The van der Waals surface area contributed by atoms with Crippen molar-refractivity contribution in [2.24, 2.45) is 16.9 Å². The predicted octanol–water partition coefficient (Wildman–Crippen LogP) is 2.06. The largest absolute Gasteiger partial charge is 0.354 e. The van der Waals surface area contributed by atoms with Crippen LogP contribution in [0.15, 0.2) is 35.4 Å². The lowest BCUT2D eigenvalue weighted by molar-refractivity contribution is -0.159. The number of hydrogen-bond acceptors (Lipinski definition) is 7. The third-order valence-electron chi connectivity index (χ3n) is 6.61. The van der Waals surface area contributed by atoms with Crippen LogP contribution in [-0.2, 0) is 20.9 Å². The van der Waals surface area contributed by atoms with Crippen molar-refractivity contribution in [3.8, 4) is 0 Å². The summed E-state index contributed by atoms with van der Waals surface area (Å²) in [7, 11) is 0. The lowest BCUT2D eigenvalue weighted by Gasteiger charge is -2.51. The van der Waals surface area contributed by atoms with E-state index in [1.807, 2.05) is 62.9 Å². The van der Waals surface area contributed by atoms with Crippen LogP contribution >= 0.6 is 11.8 Å². The van der Waals surface area contributed by atoms with Crippen LogP contribution in [-0.4, -0.2) is 62.9 Å². The van der Waals surface area contributed by atoms with Crippen molar-refractivity contribution in [1.82, 2.24) is 25.9 Å². The van der Waals surface area contributed by atoms with Crippen molar-refractivity contribution in [2.75, 3.05) is 5.75 Å². The zero-order valence-corrected chi connectivity index (χ0v) is 21.7. The molecule has 1 aliphatic carbocycles. The molecule has 0 aromatic heterocycles. The maximum Gasteiger partial charge on any atom is 0.231 e. The fraction of sp³-hybridized carbons (Fsp3) is 0.600. The van der Waals surface area contributed by atoms with Gasteiger partial charge in [0.2, 0.25) is 17.7 Å². The Hall–Kier alpha value is -2.75. The highest BCUT2D eigenvalue weighted by Gasteiger charge is 2.53. The number of thioether (sulfide) groups is 1. The van der Waals surface area contributed by atoms with Crippen LogP contribution in [0.2, 0.25) is 0 Å². The summed E-state index contributed by atoms with van der Waals surface area (Å²) >= 11 is 1.37. The quantitative estimate of drug-likeness (QED) is 0.529. The van der Waals surface area contributed by atoms with E-state index in [1.165, 1.54) is 11.8 Å². The molecule has 190 valence electrons. The fourth-order valence-electron chi connectivity index (χ4n) is 5.14. The summed E-state index contributed by atoms with van der Waals surface area (Å²) < 4.78 is 0. The van der Waals surface area contributed by atoms with Gasteiger partial charge in [-0.05, 0) is 52.5 Å². The first kappa shape index (κ1) is 25.3. The summed E-state index contributed by atoms with van der Waals surface area (Å²) in [5.41, 5.74) is 4.19. The number of carbonyl (C=O) groups is 3. The van der Waals surface area contributed by atoms with Crippen LogP contribution in [0.25, 0.3) is 0 Å². The highest BCUT2D eigenvalue weighted by molar-refractivity contribution is 8.14. The molecule has 3 N–H and O–H groups in total. The van der Waals surface area contributed by atoms with Crippen LogP contribution in [0, 0.1) is 11.8 Å². The Morgan fingerprint density at radius 3 is 2.51 bits per heavy atom. The number of fused-ring (bicyclic) bond motifs is 3. The lowest BCUT2D eigenvalue weighted by Crippen LogP contribution is -2.67. The van der Waals surface area contributed by atoms with Crippen molar-refractivity contribution in [3.63, 3.8) is 0 Å². The number of benzene rings is 1. The summed E-state index contributed by atoms with van der Waals surface area (Å²) in [6, 6.07) is 9.91. The van der Waals surface area contributed by atoms with Gasteiger partial charge in [0.1, 0.15) is 0 Å². The van der Waals surface area contributed by atoms with E-state index in [9.17, 15) is 14.4 Å². The number of rotatable bonds is 7. The number of carbonyl (C=O) groups excluding carboxylic acids is 3. The molecule has 4 rings (SSSR count). The highest BCUT2D eigenvalue weighted by Crippen LogP contribution is 2.41. The summed E-state index contributed by atoms with van der Waals surface area (Å²) in [4.78, 5) is 42.8. The van der Waals surface area contributed by atoms with Crippen molar-refractivity contribution < 1.29 is 14.4 Å². The van der Waals surface area contributed by atoms with Gasteiger partial charge >= 0.3 is 0 Å². The summed E-state index contributed by atoms with van der Waals surface area (Å²) in [6.45, 7) is 8.24. The molecule has 1 aromatic carbocycles. The molecule has 0 radical (unpaired) electrons. The molecule has 0 spiro atoms. The van der Waals surface area contributed by atoms with E-state index < -0.39 is 6.29 Å². The Morgan fingerprint density at radius 2 is 1.83 bits per heavy atom. The minimum atomic E-state index is -0.438. The van der Waals surface area contributed by atoms with Crippen LogP contribution in [0.1, 0.15) is 52.5 Å². The molecule has 10 heteroatoms. The molecule has 35 heavy (non-hydrogen) atoms. The lowest BCUT2D eigenvalue weighted by atomic mass is 9.75. The maximum atomic E-state index is 13.7. The molecule has 2 aliphatic heterocycles. The Morgan fingerprint density at radius 1 is 1.11 bits per heavy atom. The Balaban J connectivity index is 1.56. The summed E-state index contributed by atoms with van der Waals surface area (Å²) in [5, 5.41) is 11.2. The second kappa shape index (κ2) is 10.9. The Bertz CT molecular complexity index is 969. The maximum absolute atomic E-state index is 13.7. The number of nitrogens with one attached hydrogen (secondary N) is 3. The average Bonchev–Trinajstić information content (AvgIpc) is 3.24. The van der Waals surface area contributed by atoms with Gasteiger partial charge < -0.3 is 15.5 Å². The molecule has 4 atom stereocenters. The van der Waals surface area contributed by atoms with Gasteiger partial charge in [-0.3, -0.25) is 24.7 Å². The van der Waals surface area contributed by atoms with Gasteiger partial charge in [-0.2, -0.15) is 5.10 Å². The predicted molar refractivity (Wildman–Crippen MR) is 137 cm³/mol. The first-order valence-electron chi connectivity index (χ1n) is 12.4. The number of amides is 3. The Labute approximate surface area is 211 Å². The van der Waals surface area contributed by atoms with Gasteiger partial charge in [0.15, 0.2) is 11.5 Å². The van der Waals surface area contributed by atoms with E-state index in [4.69, 9.17) is 0 Å². The number of hydrogen-bond donors (Lipinski definition) is 3. The monoisotopic (exact) mass is 500 g/mol. The van der Waals surface area contributed by atoms with Gasteiger partial charge in [0.05, 0.1) is 11.7 Å². The van der Waals surface area contributed by atoms with E-state index in [0.29, 0.717) is 31.0 Å². The third kappa shape index (κ3) is 5.74. The van der Waals surface area contributed by atoms with Crippen molar-refractivity contribution >= 4 is 34.7 Å². The summed E-state index contributed by atoms with van der Waals surface area (Å²) in [6.07, 6.45) is 1.49. The van der Waals surface area contributed by atoms with E-state index >= 15 is 0 Å². The molecular weight excluding hydrogens is 464 g/mol. The topological polar surface area (TPSA) is 106 Å². The van der Waals surface area contributed by atoms with Gasteiger partial charge in [-0.1, -0.05) is 42.1 Å². The smallest absolute Gasteiger partial charge is 0.231 e. The minimum Gasteiger partial charge on any atom is -0.354 e. The molecule has 1 saturated heterocycles. The van der Waals surface area contributed by atoms with Crippen LogP contribution in [0.4, 0.5) is 0 Å². The molecule has 2 heterocycles. The van der Waals surface area contributed by atoms with E-state index in [0.717, 1.165) is 5.56 Å². The SMILES string of the molecule is CC(C)NC(=O)CSC1=NNC2N(Cc3ccccc3)C(=O)C3CCC(C(=O)NC(C)C)CC3N12. The average molecular weight is 501 g/mol. The Kier molecular flexibility index (Phi) is 7.88. The number of amidine groups is 1. The van der Waals surface area contributed by atoms with E-state index in [-0.39, 0.29) is 53.4 Å². The fourth-order valence-corrected chi connectivity index (χ4v) is 5.99. The molecule has 0 bridgehead atoms. The van der Waals surface area contributed by atoms with Gasteiger partial charge in [0, 0.05) is 30.6 Å². The van der Waals surface area contributed by atoms with Crippen molar-refractivity contribution in [3.05, 3.63) is 35.9 Å². The zero-order valence-electron chi connectivity index (χ0n) is 20.9. The molecule has 2 fully saturated rings. The molecule has 1 saturated carbocycles. The van der Waals surface area contributed by atoms with Crippen molar-refractivity contribution in [1.29, 1.82) is 0 Å². The van der Waals surface area contributed by atoms with Crippen LogP contribution < -0.4 is 16.1 Å². The highest BCUT2D eigenvalue weighted by atomic mass is 32.2. The second-order valence-electron chi connectivity index (χ2n) is 10.1. The molecule has 9 nitrogen and oxygen atoms in total. The molecule has 3 aliphatic rings. The zero-order chi connectivity index (χ0) is 25.1. The molecule has 1 aromatic rings.